The van der Waals surface area contributed by atoms with E-state index < -0.39 is 10.0 Å². The van der Waals surface area contributed by atoms with Crippen molar-refractivity contribution in [1.29, 1.82) is 0 Å². The lowest BCUT2D eigenvalue weighted by Gasteiger charge is -2.13. The summed E-state index contributed by atoms with van der Waals surface area (Å²) < 4.78 is 26.9. The molecular formula is C11H21N3O2S2. The molecule has 0 spiro atoms. The topological polar surface area (TPSA) is 75.4 Å². The van der Waals surface area contributed by atoms with Gasteiger partial charge in [-0.1, -0.05) is 6.92 Å². The van der Waals surface area contributed by atoms with Gasteiger partial charge in [-0.15, -0.1) is 11.3 Å². The second kappa shape index (κ2) is 7.20. The quantitative estimate of drug-likeness (QED) is 0.730. The fourth-order valence-corrected chi connectivity index (χ4v) is 3.82. The third-order valence-electron chi connectivity index (χ3n) is 2.62. The minimum Gasteiger partial charge on any atom is -0.330 e. The van der Waals surface area contributed by atoms with E-state index in [0.29, 0.717) is 23.8 Å². The average molecular weight is 291 g/mol. The first-order valence-corrected chi connectivity index (χ1v) is 8.26. The first-order chi connectivity index (χ1) is 8.49. The van der Waals surface area contributed by atoms with Crippen LogP contribution in [0.2, 0.25) is 0 Å². The van der Waals surface area contributed by atoms with E-state index in [1.807, 2.05) is 20.0 Å². The fourth-order valence-electron chi connectivity index (χ4n) is 1.38. The van der Waals surface area contributed by atoms with E-state index >= 15 is 0 Å². The van der Waals surface area contributed by atoms with Crippen LogP contribution in [0.15, 0.2) is 16.3 Å². The molecule has 18 heavy (non-hydrogen) atoms. The molecule has 1 aromatic heterocycles. The molecule has 104 valence electrons. The molecule has 0 unspecified atom stereocenters. The van der Waals surface area contributed by atoms with Crippen molar-refractivity contribution in [3.05, 3.63) is 17.0 Å². The third-order valence-corrected chi connectivity index (χ3v) is 5.72. The molecule has 0 saturated heterocycles. The maximum absolute atomic E-state index is 12.0. The van der Waals surface area contributed by atoms with E-state index in [4.69, 9.17) is 5.73 Å². The van der Waals surface area contributed by atoms with E-state index in [-0.39, 0.29) is 0 Å². The van der Waals surface area contributed by atoms with Gasteiger partial charge in [0.2, 0.25) is 10.0 Å². The summed E-state index contributed by atoms with van der Waals surface area (Å²) in [5.41, 5.74) is 5.44. The zero-order chi connectivity index (χ0) is 13.6. The maximum Gasteiger partial charge on any atom is 0.250 e. The molecule has 0 bridgehead atoms. The molecule has 0 saturated carbocycles. The highest BCUT2D eigenvalue weighted by molar-refractivity contribution is 7.91. The Morgan fingerprint density at radius 3 is 2.78 bits per heavy atom. The van der Waals surface area contributed by atoms with E-state index in [9.17, 15) is 8.42 Å². The predicted octanol–water partition coefficient (Wildman–Crippen LogP) is 0.479. The summed E-state index contributed by atoms with van der Waals surface area (Å²) in [6, 6.07) is 3.46. The van der Waals surface area contributed by atoms with Crippen molar-refractivity contribution in [3.63, 3.8) is 0 Å². The Kier molecular flexibility index (Phi) is 6.24. The molecule has 1 aromatic rings. The Bertz CT molecular complexity index is 457. The van der Waals surface area contributed by atoms with Gasteiger partial charge in [-0.3, -0.25) is 0 Å². The molecule has 0 aliphatic rings. The van der Waals surface area contributed by atoms with Crippen LogP contribution in [0.4, 0.5) is 0 Å². The Morgan fingerprint density at radius 1 is 1.44 bits per heavy atom. The molecule has 1 heterocycles. The van der Waals surface area contributed by atoms with Crippen molar-refractivity contribution in [1.82, 2.24) is 9.62 Å². The summed E-state index contributed by atoms with van der Waals surface area (Å²) >= 11 is 1.28. The third kappa shape index (κ3) is 4.66. The maximum atomic E-state index is 12.0. The SMILES string of the molecule is CCN(C)CCNS(=O)(=O)c1ccc(CCN)s1. The molecule has 0 atom stereocenters. The molecule has 3 N–H and O–H groups in total. The normalized spacial score (nSPS) is 12.2. The lowest BCUT2D eigenvalue weighted by Crippen LogP contribution is -2.32. The second-order valence-electron chi connectivity index (χ2n) is 4.05. The van der Waals surface area contributed by atoms with Crippen LogP contribution in [0.1, 0.15) is 11.8 Å². The summed E-state index contributed by atoms with van der Waals surface area (Å²) in [4.78, 5) is 3.06. The van der Waals surface area contributed by atoms with Crippen molar-refractivity contribution in [2.45, 2.75) is 17.6 Å². The van der Waals surface area contributed by atoms with E-state index in [1.165, 1.54) is 11.3 Å². The number of nitrogens with one attached hydrogen (secondary N) is 1. The van der Waals surface area contributed by atoms with Crippen LogP contribution in [0, 0.1) is 0 Å². The van der Waals surface area contributed by atoms with Gasteiger partial charge in [0.15, 0.2) is 0 Å². The lowest BCUT2D eigenvalue weighted by atomic mass is 10.3. The number of likely N-dealkylation sites (N-methyl/N-ethyl adjacent to an activating group) is 1. The molecule has 0 amide bonds. The van der Waals surface area contributed by atoms with Gasteiger partial charge in [0, 0.05) is 18.0 Å². The summed E-state index contributed by atoms with van der Waals surface area (Å²) in [6.07, 6.45) is 0.721. The van der Waals surface area contributed by atoms with Crippen molar-refractivity contribution in [3.8, 4) is 0 Å². The average Bonchev–Trinajstić information content (AvgIpc) is 2.78. The largest absolute Gasteiger partial charge is 0.330 e. The van der Waals surface area contributed by atoms with Crippen LogP contribution < -0.4 is 10.5 Å². The van der Waals surface area contributed by atoms with Gasteiger partial charge in [0.05, 0.1) is 0 Å². The van der Waals surface area contributed by atoms with E-state index in [0.717, 1.165) is 17.8 Å². The molecule has 7 heteroatoms. The lowest BCUT2D eigenvalue weighted by molar-refractivity contribution is 0.358. The van der Waals surface area contributed by atoms with Gasteiger partial charge in [-0.05, 0) is 38.7 Å². The van der Waals surface area contributed by atoms with Crippen LogP contribution in [-0.4, -0.2) is 46.5 Å². The molecular weight excluding hydrogens is 270 g/mol. The Balaban J connectivity index is 2.56. The Hall–Kier alpha value is -0.470. The van der Waals surface area contributed by atoms with Gasteiger partial charge in [0.1, 0.15) is 4.21 Å². The minimum absolute atomic E-state index is 0.366. The number of hydrogen-bond acceptors (Lipinski definition) is 5. The van der Waals surface area contributed by atoms with Crippen LogP contribution >= 0.6 is 11.3 Å². The standard InChI is InChI=1S/C11H21N3O2S2/c1-3-14(2)9-8-13-18(15,16)11-5-4-10(17-11)6-7-12/h4-5,13H,3,6-9,12H2,1-2H3. The number of hydrogen-bond donors (Lipinski definition) is 2. The molecule has 0 fully saturated rings. The molecule has 0 aliphatic carbocycles. The highest BCUT2D eigenvalue weighted by atomic mass is 32.2. The van der Waals surface area contributed by atoms with Crippen molar-refractivity contribution >= 4 is 21.4 Å². The van der Waals surface area contributed by atoms with Crippen LogP contribution in [0.25, 0.3) is 0 Å². The van der Waals surface area contributed by atoms with Crippen LogP contribution in [-0.2, 0) is 16.4 Å². The van der Waals surface area contributed by atoms with Crippen LogP contribution in [0.5, 0.6) is 0 Å². The van der Waals surface area contributed by atoms with Crippen molar-refractivity contribution < 1.29 is 8.42 Å². The highest BCUT2D eigenvalue weighted by Gasteiger charge is 2.16. The van der Waals surface area contributed by atoms with Crippen molar-refractivity contribution in [2.24, 2.45) is 5.73 Å². The Labute approximate surface area is 113 Å². The summed E-state index contributed by atoms with van der Waals surface area (Å²) in [7, 11) is -1.40. The monoisotopic (exact) mass is 291 g/mol. The summed E-state index contributed by atoms with van der Waals surface area (Å²) in [5, 5.41) is 0. The smallest absolute Gasteiger partial charge is 0.250 e. The first-order valence-electron chi connectivity index (χ1n) is 5.96. The first kappa shape index (κ1) is 15.6. The molecule has 0 aromatic carbocycles. The highest BCUT2D eigenvalue weighted by Crippen LogP contribution is 2.21. The number of thiophene rings is 1. The van der Waals surface area contributed by atoms with E-state index in [1.54, 1.807) is 6.07 Å². The minimum atomic E-state index is -3.36. The van der Waals surface area contributed by atoms with Gasteiger partial charge in [0.25, 0.3) is 0 Å². The summed E-state index contributed by atoms with van der Waals surface area (Å²) in [5.74, 6) is 0. The van der Waals surface area contributed by atoms with E-state index in [2.05, 4.69) is 9.62 Å². The van der Waals surface area contributed by atoms with Gasteiger partial charge in [-0.25, -0.2) is 13.1 Å². The number of rotatable bonds is 8. The number of nitrogens with zero attached hydrogens (tertiary/aromatic N) is 1. The Morgan fingerprint density at radius 2 is 2.17 bits per heavy atom. The zero-order valence-electron chi connectivity index (χ0n) is 10.8. The van der Waals surface area contributed by atoms with Gasteiger partial charge in [-0.2, -0.15) is 0 Å². The number of sulfonamides is 1. The van der Waals surface area contributed by atoms with Crippen molar-refractivity contribution in [2.75, 3.05) is 33.2 Å². The number of nitrogens with two attached hydrogens (primary N) is 1. The molecule has 5 nitrogen and oxygen atoms in total. The van der Waals surface area contributed by atoms with Crippen LogP contribution in [0.3, 0.4) is 0 Å². The summed E-state index contributed by atoms with van der Waals surface area (Å²) in [6.45, 7) is 4.61. The van der Waals surface area contributed by atoms with Gasteiger partial charge < -0.3 is 10.6 Å². The fraction of sp³-hybridized carbons (Fsp3) is 0.636. The van der Waals surface area contributed by atoms with Gasteiger partial charge >= 0.3 is 0 Å². The molecule has 1 rings (SSSR count). The molecule has 0 radical (unpaired) electrons. The molecule has 0 aliphatic heterocycles. The predicted molar refractivity (Wildman–Crippen MR) is 75.4 cm³/mol. The second-order valence-corrected chi connectivity index (χ2v) is 7.22. The zero-order valence-corrected chi connectivity index (χ0v) is 12.5.